The molecule has 2 heteroatoms. The Labute approximate surface area is 316 Å². The van der Waals surface area contributed by atoms with Crippen molar-refractivity contribution in [3.8, 4) is 11.1 Å². The summed E-state index contributed by atoms with van der Waals surface area (Å²) in [6, 6.07) is 18.3. The second kappa shape index (κ2) is 12.3. The van der Waals surface area contributed by atoms with Crippen LogP contribution in [0.5, 0.6) is 0 Å². The Kier molecular flexibility index (Phi) is 7.45. The van der Waals surface area contributed by atoms with Crippen LogP contribution >= 0.6 is 0 Å². The van der Waals surface area contributed by atoms with Crippen molar-refractivity contribution < 1.29 is 0 Å². The SMILES string of the molecule is CC1(C)c2ccccc2-c2ccc(N3C4=C(C=C(C5=CCC6C(=C5)C5C=CC=CC5N6C5C=CC(C6C=CCCC6)=CC5)CC4)C4C=CCCC43)cc21. The van der Waals surface area contributed by atoms with Crippen molar-refractivity contribution in [1.29, 1.82) is 0 Å². The quantitative estimate of drug-likeness (QED) is 0.294. The van der Waals surface area contributed by atoms with Crippen molar-refractivity contribution >= 4 is 5.69 Å². The molecule has 0 saturated carbocycles. The molecule has 2 nitrogen and oxygen atoms in total. The Hall–Kier alpha value is -4.40. The van der Waals surface area contributed by atoms with Gasteiger partial charge in [-0.15, -0.1) is 0 Å². The fourth-order valence-electron chi connectivity index (χ4n) is 11.9. The van der Waals surface area contributed by atoms with E-state index in [1.807, 2.05) is 0 Å². The number of rotatable bonds is 4. The first-order valence-corrected chi connectivity index (χ1v) is 20.8. The van der Waals surface area contributed by atoms with Crippen LogP contribution in [-0.2, 0) is 5.41 Å². The lowest BCUT2D eigenvalue weighted by atomic mass is 9.80. The third kappa shape index (κ3) is 4.94. The molecule has 2 aromatic carbocycles. The van der Waals surface area contributed by atoms with Crippen LogP contribution in [0.15, 0.2) is 161 Å². The van der Waals surface area contributed by atoms with Gasteiger partial charge in [-0.25, -0.2) is 0 Å². The summed E-state index contributed by atoms with van der Waals surface area (Å²) in [5.41, 5.74) is 16.5. The van der Waals surface area contributed by atoms with Gasteiger partial charge in [0.2, 0.25) is 0 Å². The van der Waals surface area contributed by atoms with Crippen molar-refractivity contribution in [2.24, 2.45) is 17.8 Å². The highest BCUT2D eigenvalue weighted by Gasteiger charge is 2.47. The van der Waals surface area contributed by atoms with E-state index in [-0.39, 0.29) is 5.41 Å². The van der Waals surface area contributed by atoms with Crippen LogP contribution in [0.4, 0.5) is 5.69 Å². The van der Waals surface area contributed by atoms with E-state index in [2.05, 4.69) is 151 Å². The standard InChI is InChI=1S/C51H52N2/c1-51(2)45-17-9-6-14-39(45)40-27-26-38(32-46(40)51)53-48-19-11-8-16-42(48)44-31-36(23-29-50(44)53)35-22-28-49-43(30-35)41-15-7-10-18-47(41)52(49)37-24-20-34(21-25-37)33-12-4-3-5-13-33/h4,6-10,12,14-18,20-22,24,26-27,30-33,37,41-42,47-49H,3,5,11,13,19,23,25,28-29H2,1-2H3. The maximum Gasteiger partial charge on any atom is 0.0446 e. The molecule has 2 aliphatic heterocycles. The topological polar surface area (TPSA) is 6.48 Å². The minimum atomic E-state index is 0.0147. The fourth-order valence-corrected chi connectivity index (χ4v) is 11.9. The number of benzene rings is 2. The molecule has 7 aliphatic carbocycles. The molecule has 9 aliphatic rings. The Morgan fingerprint density at radius 2 is 1.64 bits per heavy atom. The van der Waals surface area contributed by atoms with E-state index in [9.17, 15) is 0 Å². The minimum Gasteiger partial charge on any atom is -0.341 e. The van der Waals surface area contributed by atoms with Crippen molar-refractivity contribution in [2.45, 2.75) is 101 Å². The summed E-state index contributed by atoms with van der Waals surface area (Å²) >= 11 is 0. The van der Waals surface area contributed by atoms with Gasteiger partial charge in [-0.2, -0.15) is 0 Å². The Balaban J connectivity index is 0.900. The molecular weight excluding hydrogens is 641 g/mol. The maximum absolute atomic E-state index is 2.86. The summed E-state index contributed by atoms with van der Waals surface area (Å²) in [7, 11) is 0. The van der Waals surface area contributed by atoms with E-state index in [0.29, 0.717) is 41.9 Å². The van der Waals surface area contributed by atoms with Gasteiger partial charge >= 0.3 is 0 Å². The van der Waals surface area contributed by atoms with E-state index in [0.717, 1.165) is 25.7 Å². The summed E-state index contributed by atoms with van der Waals surface area (Å²) < 4.78 is 0. The second-order valence-corrected chi connectivity index (χ2v) is 17.6. The zero-order valence-electron chi connectivity index (χ0n) is 31.4. The number of anilines is 1. The van der Waals surface area contributed by atoms with Crippen molar-refractivity contribution in [2.75, 3.05) is 4.90 Å². The monoisotopic (exact) mass is 692 g/mol. The summed E-state index contributed by atoms with van der Waals surface area (Å²) in [5, 5.41) is 0. The summed E-state index contributed by atoms with van der Waals surface area (Å²) in [5.74, 6) is 1.55. The average Bonchev–Trinajstić information content (AvgIpc) is 3.81. The first-order valence-electron chi connectivity index (χ1n) is 20.8. The summed E-state index contributed by atoms with van der Waals surface area (Å²) in [6.45, 7) is 4.82. The molecule has 1 fully saturated rings. The lowest BCUT2D eigenvalue weighted by Gasteiger charge is -2.37. The van der Waals surface area contributed by atoms with Gasteiger partial charge in [-0.1, -0.05) is 129 Å². The van der Waals surface area contributed by atoms with Crippen LogP contribution in [0.25, 0.3) is 11.1 Å². The van der Waals surface area contributed by atoms with Crippen LogP contribution in [0.1, 0.15) is 82.8 Å². The zero-order chi connectivity index (χ0) is 35.3. The van der Waals surface area contributed by atoms with E-state index < -0.39 is 0 Å². The Bertz CT molecular complexity index is 2200. The molecule has 266 valence electrons. The number of hydrogen-bond acceptors (Lipinski definition) is 2. The maximum atomic E-state index is 2.86. The summed E-state index contributed by atoms with van der Waals surface area (Å²) in [4.78, 5) is 5.64. The number of nitrogens with zero attached hydrogens (tertiary/aromatic N) is 2. The molecule has 0 bridgehead atoms. The largest absolute Gasteiger partial charge is 0.341 e. The van der Waals surface area contributed by atoms with E-state index >= 15 is 0 Å². The van der Waals surface area contributed by atoms with Crippen LogP contribution in [0, 0.1) is 17.8 Å². The van der Waals surface area contributed by atoms with Gasteiger partial charge in [0.15, 0.2) is 0 Å². The molecule has 2 aromatic rings. The molecule has 53 heavy (non-hydrogen) atoms. The fraction of sp³-hybridized carbons (Fsp3) is 0.373. The van der Waals surface area contributed by atoms with Crippen molar-refractivity contribution in [1.82, 2.24) is 4.90 Å². The highest BCUT2D eigenvalue weighted by Crippen LogP contribution is 2.53. The second-order valence-electron chi connectivity index (χ2n) is 17.6. The number of allylic oxidation sites excluding steroid dienone is 12. The molecule has 1 saturated heterocycles. The van der Waals surface area contributed by atoms with Crippen molar-refractivity contribution in [3.05, 3.63) is 172 Å². The lowest BCUT2D eigenvalue weighted by molar-refractivity contribution is 0.178. The first kappa shape index (κ1) is 32.1. The Morgan fingerprint density at radius 1 is 0.755 bits per heavy atom. The van der Waals surface area contributed by atoms with Gasteiger partial charge < -0.3 is 4.90 Å². The highest BCUT2D eigenvalue weighted by atomic mass is 15.2. The van der Waals surface area contributed by atoms with Gasteiger partial charge in [0.05, 0.1) is 0 Å². The lowest BCUT2D eigenvalue weighted by Crippen LogP contribution is -2.44. The van der Waals surface area contributed by atoms with E-state index in [4.69, 9.17) is 0 Å². The average molecular weight is 693 g/mol. The number of fused-ring (bicyclic) bond motifs is 8. The molecule has 0 aromatic heterocycles. The van der Waals surface area contributed by atoms with E-state index in [1.54, 1.807) is 22.4 Å². The molecule has 0 N–H and O–H groups in total. The van der Waals surface area contributed by atoms with Gasteiger partial charge in [-0.05, 0) is 120 Å². The van der Waals surface area contributed by atoms with Gasteiger partial charge in [-0.3, -0.25) is 4.90 Å². The molecular formula is C51H52N2. The minimum absolute atomic E-state index is 0.0147. The van der Waals surface area contributed by atoms with Crippen LogP contribution in [0.3, 0.4) is 0 Å². The van der Waals surface area contributed by atoms with Gasteiger partial charge in [0.1, 0.15) is 0 Å². The molecule has 0 spiro atoms. The van der Waals surface area contributed by atoms with Gasteiger partial charge in [0, 0.05) is 58.7 Å². The van der Waals surface area contributed by atoms with Crippen LogP contribution < -0.4 is 4.90 Å². The predicted octanol–water partition coefficient (Wildman–Crippen LogP) is 11.8. The van der Waals surface area contributed by atoms with Gasteiger partial charge in [0.25, 0.3) is 0 Å². The normalized spacial score (nSPS) is 33.0. The first-order chi connectivity index (χ1) is 26.0. The van der Waals surface area contributed by atoms with E-state index in [1.165, 1.54) is 71.2 Å². The molecule has 2 heterocycles. The van der Waals surface area contributed by atoms with Crippen LogP contribution in [-0.4, -0.2) is 29.1 Å². The summed E-state index contributed by atoms with van der Waals surface area (Å²) in [6.07, 6.45) is 45.6. The van der Waals surface area contributed by atoms with Crippen LogP contribution in [0.2, 0.25) is 0 Å². The third-order valence-corrected chi connectivity index (χ3v) is 14.5. The highest BCUT2D eigenvalue weighted by molar-refractivity contribution is 5.83. The van der Waals surface area contributed by atoms with Crippen molar-refractivity contribution in [3.63, 3.8) is 0 Å². The molecule has 0 radical (unpaired) electrons. The zero-order valence-corrected chi connectivity index (χ0v) is 31.4. The molecule has 7 atom stereocenters. The Morgan fingerprint density at radius 3 is 2.53 bits per heavy atom. The smallest absolute Gasteiger partial charge is 0.0446 e. The number of hydrogen-bond donors (Lipinski definition) is 0. The number of likely N-dealkylation sites (tertiary alicyclic amines) is 1. The molecule has 0 amide bonds. The third-order valence-electron chi connectivity index (χ3n) is 14.5. The molecule has 11 rings (SSSR count). The molecule has 7 unspecified atom stereocenters. The predicted molar refractivity (Wildman–Crippen MR) is 221 cm³/mol.